The topological polar surface area (TPSA) is 39.2 Å². The minimum Gasteiger partial charge on any atom is -0.468 e. The van der Waals surface area contributed by atoms with Crippen LogP contribution in [0, 0.1) is 6.92 Å². The van der Waals surface area contributed by atoms with E-state index >= 15 is 0 Å². The van der Waals surface area contributed by atoms with Crippen LogP contribution < -0.4 is 0 Å². The Morgan fingerprint density at radius 3 is 2.81 bits per heavy atom. The fourth-order valence-electron chi connectivity index (χ4n) is 1.03. The van der Waals surface area contributed by atoms with Gasteiger partial charge in [0.2, 0.25) is 0 Å². The van der Waals surface area contributed by atoms with E-state index in [0.29, 0.717) is 21.8 Å². The summed E-state index contributed by atoms with van der Waals surface area (Å²) < 4.78 is 4.53. The zero-order valence-corrected chi connectivity index (χ0v) is 11.2. The summed E-state index contributed by atoms with van der Waals surface area (Å²) in [5.41, 5.74) is 1.75. The van der Waals surface area contributed by atoms with Crippen molar-refractivity contribution < 1.29 is 9.53 Å². The molecule has 0 aliphatic rings. The molecule has 0 aliphatic carbocycles. The molecule has 0 N–H and O–H groups in total. The average Bonchev–Trinajstić information content (AvgIpc) is 2.25. The molecule has 16 heavy (non-hydrogen) atoms. The third kappa shape index (κ3) is 3.85. The Hall–Kier alpha value is -0.450. The van der Waals surface area contributed by atoms with E-state index < -0.39 is 0 Å². The smallest absolute Gasteiger partial charge is 0.315 e. The average molecular weight is 280 g/mol. The first-order chi connectivity index (χ1) is 7.54. The molecule has 0 saturated heterocycles. The quantitative estimate of drug-likeness (QED) is 0.627. The van der Waals surface area contributed by atoms with Gasteiger partial charge in [0.1, 0.15) is 10.3 Å². The maximum absolute atomic E-state index is 10.9. The normalized spacial score (nSPS) is 10.2. The lowest BCUT2D eigenvalue weighted by Gasteiger charge is -2.05. The lowest BCUT2D eigenvalue weighted by Crippen LogP contribution is -2.03. The van der Waals surface area contributed by atoms with Crippen LogP contribution in [-0.2, 0) is 15.3 Å². The highest BCUT2D eigenvalue weighted by Gasteiger charge is 2.07. The van der Waals surface area contributed by atoms with Gasteiger partial charge in [-0.3, -0.25) is 4.79 Å². The number of aryl methyl sites for hydroxylation is 1. The molecular formula is C10H11Cl2NO2S. The lowest BCUT2D eigenvalue weighted by molar-refractivity contribution is -0.137. The van der Waals surface area contributed by atoms with Crippen molar-refractivity contribution in [1.82, 2.24) is 4.98 Å². The van der Waals surface area contributed by atoms with Crippen LogP contribution in [0.1, 0.15) is 11.1 Å². The van der Waals surface area contributed by atoms with Gasteiger partial charge in [-0.1, -0.05) is 23.2 Å². The van der Waals surface area contributed by atoms with Gasteiger partial charge in [0.05, 0.1) is 12.9 Å². The van der Waals surface area contributed by atoms with Crippen molar-refractivity contribution >= 4 is 40.9 Å². The molecule has 0 fully saturated rings. The van der Waals surface area contributed by atoms with Gasteiger partial charge in [0, 0.05) is 5.75 Å². The number of pyridine rings is 1. The standard InChI is InChI=1S/C10H11Cl2NO2S/c1-6-3-7(10(12)13-9(6)11)4-16-5-8(14)15-2/h3H,4-5H2,1-2H3. The molecule has 1 aromatic rings. The molecule has 3 nitrogen and oxygen atoms in total. The monoisotopic (exact) mass is 279 g/mol. The number of thioether (sulfide) groups is 1. The second-order valence-electron chi connectivity index (χ2n) is 3.11. The van der Waals surface area contributed by atoms with Gasteiger partial charge in [-0.15, -0.1) is 11.8 Å². The Morgan fingerprint density at radius 2 is 2.19 bits per heavy atom. The van der Waals surface area contributed by atoms with Crippen LogP contribution in [0.25, 0.3) is 0 Å². The number of hydrogen-bond donors (Lipinski definition) is 0. The lowest BCUT2D eigenvalue weighted by atomic mass is 10.2. The van der Waals surface area contributed by atoms with E-state index in [1.807, 2.05) is 13.0 Å². The molecular weight excluding hydrogens is 269 g/mol. The number of aromatic nitrogens is 1. The highest BCUT2D eigenvalue weighted by molar-refractivity contribution is 7.99. The third-order valence-corrected chi connectivity index (χ3v) is 3.55. The van der Waals surface area contributed by atoms with Crippen LogP contribution in [0.3, 0.4) is 0 Å². The fraction of sp³-hybridized carbons (Fsp3) is 0.400. The zero-order valence-electron chi connectivity index (χ0n) is 8.92. The molecule has 88 valence electrons. The number of methoxy groups -OCH3 is 1. The van der Waals surface area contributed by atoms with E-state index in [1.165, 1.54) is 18.9 Å². The van der Waals surface area contributed by atoms with Crippen LogP contribution in [0.4, 0.5) is 0 Å². The highest BCUT2D eigenvalue weighted by Crippen LogP contribution is 2.24. The van der Waals surface area contributed by atoms with Crippen molar-refractivity contribution in [2.45, 2.75) is 12.7 Å². The van der Waals surface area contributed by atoms with E-state index in [2.05, 4.69) is 9.72 Å². The maximum atomic E-state index is 10.9. The van der Waals surface area contributed by atoms with Crippen molar-refractivity contribution in [3.8, 4) is 0 Å². The van der Waals surface area contributed by atoms with Crippen LogP contribution >= 0.6 is 35.0 Å². The Balaban J connectivity index is 2.60. The Bertz CT molecular complexity index is 399. The van der Waals surface area contributed by atoms with Crippen molar-refractivity contribution in [3.63, 3.8) is 0 Å². The van der Waals surface area contributed by atoms with E-state index in [0.717, 1.165) is 11.1 Å². The highest BCUT2D eigenvalue weighted by atomic mass is 35.5. The summed E-state index contributed by atoms with van der Waals surface area (Å²) in [5.74, 6) is 0.660. The van der Waals surface area contributed by atoms with E-state index in [9.17, 15) is 4.79 Å². The molecule has 0 aliphatic heterocycles. The van der Waals surface area contributed by atoms with E-state index in [4.69, 9.17) is 23.2 Å². The van der Waals surface area contributed by atoms with Crippen LogP contribution in [0.15, 0.2) is 6.07 Å². The largest absolute Gasteiger partial charge is 0.468 e. The molecule has 0 atom stereocenters. The van der Waals surface area contributed by atoms with Gasteiger partial charge in [0.25, 0.3) is 0 Å². The maximum Gasteiger partial charge on any atom is 0.315 e. The van der Waals surface area contributed by atoms with Gasteiger partial charge in [-0.2, -0.15) is 0 Å². The molecule has 0 unspecified atom stereocenters. The number of ether oxygens (including phenoxy) is 1. The summed E-state index contributed by atoms with van der Waals surface area (Å²) in [7, 11) is 1.36. The first-order valence-electron chi connectivity index (χ1n) is 4.50. The number of rotatable bonds is 4. The van der Waals surface area contributed by atoms with Crippen LogP contribution in [0.5, 0.6) is 0 Å². The fourth-order valence-corrected chi connectivity index (χ4v) is 2.33. The second-order valence-corrected chi connectivity index (χ2v) is 4.82. The van der Waals surface area contributed by atoms with Gasteiger partial charge < -0.3 is 4.74 Å². The number of carbonyl (C=O) groups excluding carboxylic acids is 1. The van der Waals surface area contributed by atoms with E-state index in [-0.39, 0.29) is 5.97 Å². The molecule has 0 spiro atoms. The molecule has 1 rings (SSSR count). The van der Waals surface area contributed by atoms with Crippen molar-refractivity contribution in [2.75, 3.05) is 12.9 Å². The SMILES string of the molecule is COC(=O)CSCc1cc(C)c(Cl)nc1Cl. The van der Waals surface area contributed by atoms with Gasteiger partial charge in [0.15, 0.2) is 0 Å². The number of nitrogens with zero attached hydrogens (tertiary/aromatic N) is 1. The number of carbonyl (C=O) groups is 1. The third-order valence-electron chi connectivity index (χ3n) is 1.88. The van der Waals surface area contributed by atoms with Crippen molar-refractivity contribution in [2.24, 2.45) is 0 Å². The number of halogens is 2. The zero-order chi connectivity index (χ0) is 12.1. The first kappa shape index (κ1) is 13.6. The minimum atomic E-state index is -0.250. The van der Waals surface area contributed by atoms with Gasteiger partial charge >= 0.3 is 5.97 Å². The Morgan fingerprint density at radius 1 is 1.50 bits per heavy atom. The molecule has 0 radical (unpaired) electrons. The number of esters is 1. The molecule has 1 aromatic heterocycles. The predicted octanol–water partition coefficient (Wildman–Crippen LogP) is 3.10. The van der Waals surface area contributed by atoms with Crippen LogP contribution in [0.2, 0.25) is 10.3 Å². The summed E-state index contributed by atoms with van der Waals surface area (Å²) >= 11 is 13.2. The van der Waals surface area contributed by atoms with Crippen LogP contribution in [-0.4, -0.2) is 23.8 Å². The summed E-state index contributed by atoms with van der Waals surface area (Å²) in [6.45, 7) is 1.86. The molecule has 0 aromatic carbocycles. The summed E-state index contributed by atoms with van der Waals surface area (Å²) in [4.78, 5) is 14.9. The van der Waals surface area contributed by atoms with Crippen molar-refractivity contribution in [1.29, 1.82) is 0 Å². The summed E-state index contributed by atoms with van der Waals surface area (Å²) in [6.07, 6.45) is 0. The first-order valence-corrected chi connectivity index (χ1v) is 6.41. The molecule has 1 heterocycles. The molecule has 0 amide bonds. The summed E-state index contributed by atoms with van der Waals surface area (Å²) in [5, 5.41) is 0.791. The Labute approximate surface area is 108 Å². The van der Waals surface area contributed by atoms with Gasteiger partial charge in [-0.05, 0) is 24.1 Å². The Kier molecular flexibility index (Phi) is 5.38. The second kappa shape index (κ2) is 6.33. The van der Waals surface area contributed by atoms with Gasteiger partial charge in [-0.25, -0.2) is 4.98 Å². The number of hydrogen-bond acceptors (Lipinski definition) is 4. The molecule has 6 heteroatoms. The predicted molar refractivity (Wildman–Crippen MR) is 67.2 cm³/mol. The summed E-state index contributed by atoms with van der Waals surface area (Å²) in [6, 6.07) is 1.88. The van der Waals surface area contributed by atoms with E-state index in [1.54, 1.807) is 0 Å². The minimum absolute atomic E-state index is 0.250. The molecule has 0 saturated carbocycles. The van der Waals surface area contributed by atoms with Crippen molar-refractivity contribution in [3.05, 3.63) is 27.5 Å². The molecule has 0 bridgehead atoms.